The Morgan fingerprint density at radius 2 is 1.85 bits per heavy atom. The van der Waals surface area contributed by atoms with Gasteiger partial charge < -0.3 is 34.7 Å². The highest BCUT2D eigenvalue weighted by Gasteiger charge is 2.50. The molecule has 2 aliphatic rings. The van der Waals surface area contributed by atoms with Gasteiger partial charge in [-0.05, 0) is 43.9 Å². The molecule has 1 fully saturated rings. The number of hydrogen-bond donors (Lipinski definition) is 3. The van der Waals surface area contributed by atoms with Crippen LogP contribution in [0.4, 0.5) is 0 Å². The second kappa shape index (κ2) is 14.4. The summed E-state index contributed by atoms with van der Waals surface area (Å²) < 4.78 is 18.3. The zero-order valence-corrected chi connectivity index (χ0v) is 23.7. The molecule has 3 amide bonds. The van der Waals surface area contributed by atoms with Crippen molar-refractivity contribution in [3.05, 3.63) is 59.9 Å². The minimum Gasteiger partial charge on any atom is -0.382 e. The number of methoxy groups -OCH3 is 1. The van der Waals surface area contributed by atoms with Crippen LogP contribution in [0.3, 0.4) is 0 Å². The first-order chi connectivity index (χ1) is 19.8. The smallest absolute Gasteiger partial charge is 0.268 e. The molecule has 0 radical (unpaired) electrons. The number of fused-ring (bicyclic) bond motifs is 1. The largest absolute Gasteiger partial charge is 0.382 e. The minimum absolute atomic E-state index is 0.0892. The summed E-state index contributed by atoms with van der Waals surface area (Å²) in [6, 6.07) is 9.85. The molecule has 41 heavy (non-hydrogen) atoms. The quantitative estimate of drug-likeness (QED) is 0.409. The van der Waals surface area contributed by atoms with E-state index >= 15 is 0 Å². The molecule has 11 heteroatoms. The number of nitrogens with one attached hydrogen (secondary N) is 3. The van der Waals surface area contributed by atoms with Gasteiger partial charge in [0, 0.05) is 26.5 Å². The molecule has 0 saturated carbocycles. The van der Waals surface area contributed by atoms with Crippen LogP contribution in [0.1, 0.15) is 48.7 Å². The molecule has 1 saturated heterocycles. The van der Waals surface area contributed by atoms with E-state index in [1.165, 1.54) is 7.11 Å². The van der Waals surface area contributed by atoms with Gasteiger partial charge in [-0.15, -0.1) is 0 Å². The van der Waals surface area contributed by atoms with Crippen LogP contribution in [0.25, 0.3) is 0 Å². The van der Waals surface area contributed by atoms with Crippen molar-refractivity contribution < 1.29 is 33.4 Å². The van der Waals surface area contributed by atoms with E-state index in [4.69, 9.17) is 14.2 Å². The molecule has 222 valence electrons. The molecule has 3 heterocycles. The second-order valence-electron chi connectivity index (χ2n) is 10.8. The number of nitrogens with zero attached hydrogens (tertiary/aromatic N) is 1. The van der Waals surface area contributed by atoms with Crippen LogP contribution in [-0.2, 0) is 41.6 Å². The van der Waals surface area contributed by atoms with Crippen molar-refractivity contribution in [3.8, 4) is 0 Å². The van der Waals surface area contributed by atoms with Crippen molar-refractivity contribution in [2.75, 3.05) is 33.5 Å². The first kappa shape index (κ1) is 30.4. The molecule has 11 nitrogen and oxygen atoms in total. The Morgan fingerprint density at radius 1 is 1.10 bits per heavy atom. The lowest BCUT2D eigenvalue weighted by atomic mass is 9.94. The van der Waals surface area contributed by atoms with Crippen LogP contribution in [0.5, 0.6) is 0 Å². The summed E-state index contributed by atoms with van der Waals surface area (Å²) in [5.41, 5.74) is 0.376. The highest BCUT2D eigenvalue weighted by molar-refractivity contribution is 5.99. The van der Waals surface area contributed by atoms with Gasteiger partial charge in [0.15, 0.2) is 5.78 Å². The molecule has 0 spiro atoms. The van der Waals surface area contributed by atoms with Crippen LogP contribution in [0.15, 0.2) is 48.7 Å². The number of carbonyl (C=O) groups excluding carboxylic acids is 4. The molecule has 3 N–H and O–H groups in total. The maximum Gasteiger partial charge on any atom is 0.268 e. The fourth-order valence-electron chi connectivity index (χ4n) is 4.84. The maximum atomic E-state index is 13.6. The third-order valence-electron chi connectivity index (χ3n) is 7.39. The SMILES string of the molecule is COC[C@@H]1NC(=O)c2cccn2CCCCCCOC[C@@H](C(=O)N[C@@H](Cc2ccccc2)C(=O)[C@@]2(C)CO2)NC1=O. The van der Waals surface area contributed by atoms with Crippen molar-refractivity contribution in [3.63, 3.8) is 0 Å². The maximum absolute atomic E-state index is 13.6. The van der Waals surface area contributed by atoms with E-state index in [1.54, 1.807) is 19.1 Å². The van der Waals surface area contributed by atoms with Crippen LogP contribution in [0.2, 0.25) is 0 Å². The molecule has 0 bridgehead atoms. The monoisotopic (exact) mass is 568 g/mol. The van der Waals surface area contributed by atoms with E-state index in [0.717, 1.165) is 31.2 Å². The molecule has 2 aromatic rings. The van der Waals surface area contributed by atoms with Gasteiger partial charge in [-0.25, -0.2) is 0 Å². The van der Waals surface area contributed by atoms with Gasteiger partial charge in [0.25, 0.3) is 5.91 Å². The summed E-state index contributed by atoms with van der Waals surface area (Å²) in [4.78, 5) is 53.3. The van der Waals surface area contributed by atoms with E-state index in [1.807, 2.05) is 41.1 Å². The number of hydrogen-bond acceptors (Lipinski definition) is 7. The number of epoxide rings is 1. The lowest BCUT2D eigenvalue weighted by molar-refractivity contribution is -0.134. The standard InChI is InChI=1S/C30H40N4O7/c1-30(20-41-30)26(35)22(17-21-11-6-5-7-12-21)31-28(37)24-19-40-16-9-4-3-8-14-34-15-10-13-25(34)29(38)33-23(18-39-2)27(36)32-24/h5-7,10-13,15,22-24H,3-4,8-9,14,16-20H2,1-2H3,(H,31,37)(H,32,36)(H,33,38)/t22-,23-,24-,30+/m0/s1. The summed E-state index contributed by atoms with van der Waals surface area (Å²) in [5.74, 6) is -1.81. The number of rotatable bonds is 8. The van der Waals surface area contributed by atoms with E-state index in [-0.39, 0.29) is 32.0 Å². The van der Waals surface area contributed by atoms with Gasteiger partial charge in [0.05, 0.1) is 25.9 Å². The Kier molecular flexibility index (Phi) is 10.7. The third kappa shape index (κ3) is 8.48. The summed E-state index contributed by atoms with van der Waals surface area (Å²) in [6.45, 7) is 2.91. The first-order valence-corrected chi connectivity index (χ1v) is 14.2. The highest BCUT2D eigenvalue weighted by atomic mass is 16.6. The number of ketones is 1. The molecular weight excluding hydrogens is 528 g/mol. The average Bonchev–Trinajstić information content (AvgIpc) is 3.54. The molecule has 0 aliphatic carbocycles. The van der Waals surface area contributed by atoms with E-state index in [2.05, 4.69) is 16.0 Å². The van der Waals surface area contributed by atoms with Gasteiger partial charge >= 0.3 is 0 Å². The first-order valence-electron chi connectivity index (χ1n) is 14.2. The van der Waals surface area contributed by atoms with Crippen LogP contribution in [0, 0.1) is 0 Å². The van der Waals surface area contributed by atoms with Gasteiger partial charge in [-0.1, -0.05) is 43.2 Å². The number of carbonyl (C=O) groups is 4. The minimum atomic E-state index is -1.10. The number of amides is 3. The van der Waals surface area contributed by atoms with Crippen molar-refractivity contribution in [2.45, 2.75) is 69.3 Å². The Morgan fingerprint density at radius 3 is 2.59 bits per heavy atom. The second-order valence-corrected chi connectivity index (χ2v) is 10.8. The zero-order valence-electron chi connectivity index (χ0n) is 23.7. The molecule has 4 rings (SSSR count). The third-order valence-corrected chi connectivity index (χ3v) is 7.39. The summed E-state index contributed by atoms with van der Waals surface area (Å²) in [7, 11) is 1.43. The molecular formula is C30H40N4O7. The lowest BCUT2D eigenvalue weighted by Crippen LogP contribution is -2.59. The van der Waals surface area contributed by atoms with Gasteiger partial charge in [-0.2, -0.15) is 0 Å². The number of benzene rings is 1. The summed E-state index contributed by atoms with van der Waals surface area (Å²) in [5, 5.41) is 8.28. The normalized spacial score (nSPS) is 24.8. The van der Waals surface area contributed by atoms with Crippen molar-refractivity contribution in [2.24, 2.45) is 0 Å². The van der Waals surface area contributed by atoms with Crippen LogP contribution >= 0.6 is 0 Å². The molecule has 1 aromatic carbocycles. The molecule has 1 aromatic heterocycles. The van der Waals surface area contributed by atoms with Crippen molar-refractivity contribution in [1.29, 1.82) is 0 Å². The molecule has 0 unspecified atom stereocenters. The predicted octanol–water partition coefficient (Wildman–Crippen LogP) is 1.39. The van der Waals surface area contributed by atoms with E-state index < -0.39 is 41.4 Å². The molecule has 2 aliphatic heterocycles. The Labute approximate surface area is 240 Å². The number of ether oxygens (including phenoxy) is 3. The average molecular weight is 569 g/mol. The number of Topliss-reactive ketones (excluding diaryl/α,β-unsaturated/α-hetero) is 1. The number of aromatic nitrogens is 1. The predicted molar refractivity (Wildman–Crippen MR) is 150 cm³/mol. The van der Waals surface area contributed by atoms with Gasteiger partial charge in [-0.3, -0.25) is 19.2 Å². The molecule has 4 atom stereocenters. The summed E-state index contributed by atoms with van der Waals surface area (Å²) >= 11 is 0. The lowest BCUT2D eigenvalue weighted by Gasteiger charge is -2.26. The van der Waals surface area contributed by atoms with E-state index in [0.29, 0.717) is 18.8 Å². The Hall–Kier alpha value is -3.54. The fraction of sp³-hybridized carbons (Fsp3) is 0.533. The number of aryl methyl sites for hydroxylation is 1. The van der Waals surface area contributed by atoms with Gasteiger partial charge in [0.2, 0.25) is 11.8 Å². The van der Waals surface area contributed by atoms with Crippen molar-refractivity contribution in [1.82, 2.24) is 20.5 Å². The van der Waals surface area contributed by atoms with E-state index in [9.17, 15) is 19.2 Å². The van der Waals surface area contributed by atoms with Crippen LogP contribution < -0.4 is 16.0 Å². The summed E-state index contributed by atoms with van der Waals surface area (Å²) in [6.07, 6.45) is 5.68. The fourth-order valence-corrected chi connectivity index (χ4v) is 4.84. The topological polar surface area (TPSA) is 140 Å². The van der Waals surface area contributed by atoms with Crippen LogP contribution in [-0.4, -0.2) is 85.3 Å². The highest BCUT2D eigenvalue weighted by Crippen LogP contribution is 2.29. The van der Waals surface area contributed by atoms with Gasteiger partial charge in [0.1, 0.15) is 23.4 Å². The zero-order chi connectivity index (χ0) is 29.2. The Bertz CT molecular complexity index is 1190. The van der Waals surface area contributed by atoms with Crippen molar-refractivity contribution >= 4 is 23.5 Å². The Balaban J connectivity index is 1.52.